The maximum absolute atomic E-state index is 13.1. The molecule has 1 saturated heterocycles. The number of sulfonamides is 1. The summed E-state index contributed by atoms with van der Waals surface area (Å²) < 4.78 is 27.3. The number of carbonyl (C=O) groups is 1. The van der Waals surface area contributed by atoms with Crippen molar-refractivity contribution < 1.29 is 23.2 Å². The van der Waals surface area contributed by atoms with E-state index in [2.05, 4.69) is 0 Å². The van der Waals surface area contributed by atoms with Gasteiger partial charge in [-0.05, 0) is 44.7 Å². The number of rotatable bonds is 4. The van der Waals surface area contributed by atoms with Crippen molar-refractivity contribution in [3.05, 3.63) is 33.4 Å². The van der Waals surface area contributed by atoms with Crippen LogP contribution in [0.2, 0.25) is 0 Å². The van der Waals surface area contributed by atoms with Crippen LogP contribution >= 0.6 is 0 Å². The number of aryl methyl sites for hydroxylation is 1. The molecule has 1 heterocycles. The Hall–Kier alpha value is -2.00. The second-order valence-corrected chi connectivity index (χ2v) is 7.98. The topological polar surface area (TPSA) is 118 Å². The summed E-state index contributed by atoms with van der Waals surface area (Å²) in [6.07, 6.45) is 0.784. The second kappa shape index (κ2) is 6.48. The van der Waals surface area contributed by atoms with Crippen molar-refractivity contribution >= 4 is 21.7 Å². The lowest BCUT2D eigenvalue weighted by molar-refractivity contribution is -0.388. The van der Waals surface area contributed by atoms with Crippen LogP contribution in [0.25, 0.3) is 0 Å². The summed E-state index contributed by atoms with van der Waals surface area (Å²) >= 11 is 0. The Morgan fingerprint density at radius 1 is 1.33 bits per heavy atom. The van der Waals surface area contributed by atoms with Gasteiger partial charge in [-0.15, -0.1) is 0 Å². The highest BCUT2D eigenvalue weighted by molar-refractivity contribution is 7.89. The van der Waals surface area contributed by atoms with Crippen LogP contribution in [0.5, 0.6) is 0 Å². The third-order valence-electron chi connectivity index (χ3n) is 4.59. The minimum Gasteiger partial charge on any atom is -0.481 e. The van der Waals surface area contributed by atoms with Crippen molar-refractivity contribution in [1.29, 1.82) is 0 Å². The van der Waals surface area contributed by atoms with Gasteiger partial charge in [-0.2, -0.15) is 4.31 Å². The van der Waals surface area contributed by atoms with Gasteiger partial charge in [-0.3, -0.25) is 14.9 Å². The van der Waals surface area contributed by atoms with Crippen LogP contribution in [-0.2, 0) is 14.8 Å². The summed E-state index contributed by atoms with van der Waals surface area (Å²) in [6.45, 7) is 4.71. The lowest BCUT2D eigenvalue weighted by atomic mass is 9.96. The normalized spacial score (nSPS) is 22.3. The van der Waals surface area contributed by atoms with Crippen molar-refractivity contribution in [1.82, 2.24) is 4.31 Å². The molecule has 0 radical (unpaired) electrons. The molecule has 1 aliphatic rings. The molecule has 0 spiro atoms. The van der Waals surface area contributed by atoms with E-state index in [-0.39, 0.29) is 11.4 Å². The Labute approximate surface area is 140 Å². The van der Waals surface area contributed by atoms with Crippen LogP contribution in [0.3, 0.4) is 0 Å². The van der Waals surface area contributed by atoms with E-state index in [1.54, 1.807) is 13.8 Å². The molecule has 2 unspecified atom stereocenters. The molecule has 2 atom stereocenters. The Morgan fingerprint density at radius 2 is 1.96 bits per heavy atom. The van der Waals surface area contributed by atoms with Crippen LogP contribution in [0.4, 0.5) is 5.69 Å². The van der Waals surface area contributed by atoms with E-state index in [0.29, 0.717) is 24.0 Å². The molecule has 0 bridgehead atoms. The molecule has 0 aromatic heterocycles. The number of hydrogen-bond acceptors (Lipinski definition) is 5. The van der Waals surface area contributed by atoms with E-state index in [4.69, 9.17) is 0 Å². The Balaban J connectivity index is 2.60. The highest BCUT2D eigenvalue weighted by Gasteiger charge is 2.41. The Bertz CT molecular complexity index is 789. The third kappa shape index (κ3) is 3.13. The van der Waals surface area contributed by atoms with Gasteiger partial charge >= 0.3 is 5.97 Å². The first-order valence-corrected chi connectivity index (χ1v) is 9.00. The zero-order chi connectivity index (χ0) is 18.2. The van der Waals surface area contributed by atoms with Crippen LogP contribution in [0, 0.1) is 29.9 Å². The largest absolute Gasteiger partial charge is 0.481 e. The second-order valence-electron chi connectivity index (χ2n) is 6.15. The van der Waals surface area contributed by atoms with Gasteiger partial charge in [0.05, 0.1) is 10.8 Å². The zero-order valence-corrected chi connectivity index (χ0v) is 14.5. The van der Waals surface area contributed by atoms with Gasteiger partial charge in [-0.1, -0.05) is 6.07 Å². The van der Waals surface area contributed by atoms with Crippen molar-refractivity contribution in [2.75, 3.05) is 6.54 Å². The van der Waals surface area contributed by atoms with E-state index < -0.39 is 38.6 Å². The van der Waals surface area contributed by atoms with Crippen LogP contribution in [-0.4, -0.2) is 41.3 Å². The van der Waals surface area contributed by atoms with Gasteiger partial charge in [0.1, 0.15) is 0 Å². The SMILES string of the molecule is Cc1ccc([N+](=O)[O-])c(S(=O)(=O)N2CC(C(=O)O)CCC2C)c1C. The van der Waals surface area contributed by atoms with Crippen LogP contribution in [0.1, 0.15) is 30.9 Å². The first-order chi connectivity index (χ1) is 11.1. The van der Waals surface area contributed by atoms with Crippen LogP contribution < -0.4 is 0 Å². The lowest BCUT2D eigenvalue weighted by Crippen LogP contribution is -2.47. The number of piperidine rings is 1. The monoisotopic (exact) mass is 356 g/mol. The maximum atomic E-state index is 13.1. The fourth-order valence-corrected chi connectivity index (χ4v) is 5.12. The van der Waals surface area contributed by atoms with Crippen molar-refractivity contribution in [3.8, 4) is 0 Å². The standard InChI is InChI=1S/C15H20N2O6S/c1-9-4-7-13(17(20)21)14(11(9)3)24(22,23)16-8-12(15(18)19)6-5-10(16)2/h4,7,10,12H,5-6,8H2,1-3H3,(H,18,19). The van der Waals surface area contributed by atoms with E-state index >= 15 is 0 Å². The summed E-state index contributed by atoms with van der Waals surface area (Å²) in [5.74, 6) is -1.86. The Kier molecular flexibility index (Phi) is 4.95. The molecule has 0 aliphatic carbocycles. The number of benzene rings is 1. The minimum absolute atomic E-state index is 0.177. The molecule has 0 saturated carbocycles. The molecule has 24 heavy (non-hydrogen) atoms. The number of nitro benzene ring substituents is 1. The molecular formula is C15H20N2O6S. The van der Waals surface area contributed by atoms with Gasteiger partial charge in [0.25, 0.3) is 5.69 Å². The van der Waals surface area contributed by atoms with Gasteiger partial charge in [-0.25, -0.2) is 8.42 Å². The van der Waals surface area contributed by atoms with Gasteiger partial charge in [0, 0.05) is 18.7 Å². The highest BCUT2D eigenvalue weighted by atomic mass is 32.2. The molecule has 2 rings (SSSR count). The predicted molar refractivity (Wildman–Crippen MR) is 86.3 cm³/mol. The number of aliphatic carboxylic acids is 1. The predicted octanol–water partition coefficient (Wildman–Crippen LogP) is 2.09. The summed E-state index contributed by atoms with van der Waals surface area (Å²) in [7, 11) is -4.18. The fourth-order valence-electron chi connectivity index (χ4n) is 2.97. The number of nitrogens with zero attached hydrogens (tertiary/aromatic N) is 2. The van der Waals surface area contributed by atoms with E-state index in [1.165, 1.54) is 19.1 Å². The van der Waals surface area contributed by atoms with Crippen molar-refractivity contribution in [2.45, 2.75) is 44.6 Å². The summed E-state index contributed by atoms with van der Waals surface area (Å²) in [4.78, 5) is 21.5. The number of carboxylic acids is 1. The fraction of sp³-hybridized carbons (Fsp3) is 0.533. The van der Waals surface area contributed by atoms with Gasteiger partial charge in [0.2, 0.25) is 10.0 Å². The maximum Gasteiger partial charge on any atom is 0.307 e. The number of carboxylic acid groups (broad SMARTS) is 1. The number of nitro groups is 1. The number of hydrogen-bond donors (Lipinski definition) is 1. The molecule has 1 aliphatic heterocycles. The highest BCUT2D eigenvalue weighted by Crippen LogP contribution is 2.35. The minimum atomic E-state index is -4.18. The summed E-state index contributed by atoms with van der Waals surface area (Å²) in [5.41, 5.74) is 0.454. The van der Waals surface area contributed by atoms with Crippen molar-refractivity contribution in [2.24, 2.45) is 5.92 Å². The summed E-state index contributed by atoms with van der Waals surface area (Å²) in [5, 5.41) is 20.5. The molecule has 1 aromatic rings. The molecule has 1 aromatic carbocycles. The average molecular weight is 356 g/mol. The first kappa shape index (κ1) is 18.3. The zero-order valence-electron chi connectivity index (χ0n) is 13.7. The van der Waals surface area contributed by atoms with Gasteiger partial charge in [0.15, 0.2) is 4.90 Å². The van der Waals surface area contributed by atoms with Gasteiger partial charge < -0.3 is 5.11 Å². The third-order valence-corrected chi connectivity index (χ3v) is 6.75. The first-order valence-electron chi connectivity index (χ1n) is 7.56. The van der Waals surface area contributed by atoms with Crippen molar-refractivity contribution in [3.63, 3.8) is 0 Å². The van der Waals surface area contributed by atoms with E-state index in [9.17, 15) is 28.4 Å². The molecule has 1 fully saturated rings. The molecule has 0 amide bonds. The van der Waals surface area contributed by atoms with E-state index in [1.807, 2.05) is 0 Å². The average Bonchev–Trinajstić information content (AvgIpc) is 2.49. The molecule has 9 heteroatoms. The molecular weight excluding hydrogens is 336 g/mol. The summed E-state index contributed by atoms with van der Waals surface area (Å²) in [6, 6.07) is 2.27. The molecule has 8 nitrogen and oxygen atoms in total. The van der Waals surface area contributed by atoms with E-state index in [0.717, 1.165) is 4.31 Å². The molecule has 1 N–H and O–H groups in total. The lowest BCUT2D eigenvalue weighted by Gasteiger charge is -2.35. The van der Waals surface area contributed by atoms with Crippen LogP contribution in [0.15, 0.2) is 17.0 Å². The molecule has 132 valence electrons. The quantitative estimate of drug-likeness (QED) is 0.652. The smallest absolute Gasteiger partial charge is 0.307 e. The Morgan fingerprint density at radius 3 is 2.50 bits per heavy atom.